The van der Waals surface area contributed by atoms with E-state index < -0.39 is 34.8 Å². The Morgan fingerprint density at radius 2 is 1.62 bits per heavy atom. The molecule has 0 radical (unpaired) electrons. The van der Waals surface area contributed by atoms with Gasteiger partial charge in [-0.2, -0.15) is 22.0 Å². The van der Waals surface area contributed by atoms with E-state index in [1.165, 1.54) is 0 Å². The summed E-state index contributed by atoms with van der Waals surface area (Å²) in [5.74, 6) is -3.32. The lowest BCUT2D eigenvalue weighted by atomic mass is 10.2. The third-order valence-corrected chi connectivity index (χ3v) is 3.41. The zero-order valence-electron chi connectivity index (χ0n) is 9.82. The molecule has 0 atom stereocenters. The van der Waals surface area contributed by atoms with E-state index in [0.717, 1.165) is 11.3 Å². The maximum Gasteiger partial charge on any atom is 0.437 e. The molecular weight excluding hydrogens is 315 g/mol. The number of aromatic nitrogens is 4. The molecule has 3 aromatic rings. The minimum absolute atomic E-state index is 0.0839. The number of thiophene rings is 1. The van der Waals surface area contributed by atoms with Gasteiger partial charge >= 0.3 is 6.18 Å². The van der Waals surface area contributed by atoms with Crippen LogP contribution in [0.4, 0.5) is 22.0 Å². The Bertz CT molecular complexity index is 816. The van der Waals surface area contributed by atoms with Crippen molar-refractivity contribution >= 4 is 22.4 Å². The van der Waals surface area contributed by atoms with E-state index in [9.17, 15) is 22.0 Å². The minimum atomic E-state index is -4.90. The van der Waals surface area contributed by atoms with Crippen LogP contribution in [0.15, 0.2) is 17.5 Å². The van der Waals surface area contributed by atoms with Crippen LogP contribution < -0.4 is 0 Å². The molecule has 0 unspecified atom stereocenters. The Morgan fingerprint density at radius 3 is 2.19 bits per heavy atom. The van der Waals surface area contributed by atoms with Gasteiger partial charge < -0.3 is 0 Å². The highest BCUT2D eigenvalue weighted by Crippen LogP contribution is 2.35. The van der Waals surface area contributed by atoms with Crippen molar-refractivity contribution in [1.82, 2.24) is 20.2 Å². The number of alkyl halides is 3. The molecule has 10 heteroatoms. The molecule has 0 saturated heterocycles. The topological polar surface area (TPSA) is 51.6 Å². The highest BCUT2D eigenvalue weighted by Gasteiger charge is 2.37. The van der Waals surface area contributed by atoms with Gasteiger partial charge in [0.2, 0.25) is 0 Å². The van der Waals surface area contributed by atoms with Gasteiger partial charge in [-0.25, -0.2) is 9.97 Å². The number of hydrogen-bond donors (Lipinski definition) is 0. The van der Waals surface area contributed by atoms with Crippen LogP contribution in [-0.4, -0.2) is 20.2 Å². The average molecular weight is 318 g/mol. The predicted molar refractivity (Wildman–Crippen MR) is 63.4 cm³/mol. The Morgan fingerprint density at radius 1 is 0.952 bits per heavy atom. The minimum Gasteiger partial charge on any atom is -0.212 e. The number of halogens is 5. The largest absolute Gasteiger partial charge is 0.437 e. The van der Waals surface area contributed by atoms with Crippen LogP contribution in [0.1, 0.15) is 5.69 Å². The SMILES string of the molecule is Fc1nc2c(-c3cccs3)nnc(C(F)(F)F)c2nc1F. The summed E-state index contributed by atoms with van der Waals surface area (Å²) in [6.07, 6.45) is -4.90. The average Bonchev–Trinajstić information content (AvgIpc) is 2.91. The third kappa shape index (κ3) is 2.31. The van der Waals surface area contributed by atoms with E-state index in [-0.39, 0.29) is 5.69 Å². The lowest BCUT2D eigenvalue weighted by molar-refractivity contribution is -0.140. The van der Waals surface area contributed by atoms with Gasteiger partial charge in [-0.3, -0.25) is 0 Å². The second-order valence-corrected chi connectivity index (χ2v) is 4.82. The first-order valence-electron chi connectivity index (χ1n) is 5.38. The molecule has 21 heavy (non-hydrogen) atoms. The molecule has 3 aromatic heterocycles. The summed E-state index contributed by atoms with van der Waals surface area (Å²) in [5.41, 5.74) is -2.96. The zero-order chi connectivity index (χ0) is 15.2. The van der Waals surface area contributed by atoms with E-state index in [4.69, 9.17) is 0 Å². The third-order valence-electron chi connectivity index (χ3n) is 2.54. The Labute approximate surface area is 117 Å². The molecule has 3 rings (SSSR count). The summed E-state index contributed by atoms with van der Waals surface area (Å²) < 4.78 is 64.9. The molecule has 0 N–H and O–H groups in total. The normalized spacial score (nSPS) is 12.0. The van der Waals surface area contributed by atoms with Gasteiger partial charge in [-0.05, 0) is 11.4 Å². The molecular formula is C11H3F5N4S. The van der Waals surface area contributed by atoms with Crippen molar-refractivity contribution in [2.24, 2.45) is 0 Å². The van der Waals surface area contributed by atoms with Crippen LogP contribution in [0.3, 0.4) is 0 Å². The van der Waals surface area contributed by atoms with Crippen LogP contribution in [0.2, 0.25) is 0 Å². The second kappa shape index (κ2) is 4.65. The quantitative estimate of drug-likeness (QED) is 0.645. The highest BCUT2D eigenvalue weighted by molar-refractivity contribution is 7.13. The fraction of sp³-hybridized carbons (Fsp3) is 0.0909. The van der Waals surface area contributed by atoms with Crippen molar-refractivity contribution in [3.8, 4) is 10.6 Å². The standard InChI is InChI=1S/C11H3F5N4S/c12-9-10(13)18-7-6(17-9)5(4-2-1-3-21-4)19-20-8(7)11(14,15)16/h1-3H. The molecule has 0 fully saturated rings. The fourth-order valence-electron chi connectivity index (χ4n) is 1.69. The first-order chi connectivity index (χ1) is 9.88. The fourth-order valence-corrected chi connectivity index (χ4v) is 2.40. The van der Waals surface area contributed by atoms with Crippen LogP contribution in [0, 0.1) is 11.9 Å². The van der Waals surface area contributed by atoms with Crippen molar-refractivity contribution in [3.63, 3.8) is 0 Å². The van der Waals surface area contributed by atoms with Gasteiger partial charge in [-0.1, -0.05) is 6.07 Å². The molecule has 0 amide bonds. The van der Waals surface area contributed by atoms with E-state index in [2.05, 4.69) is 20.2 Å². The van der Waals surface area contributed by atoms with Crippen LogP contribution in [-0.2, 0) is 6.18 Å². The molecule has 0 spiro atoms. The maximum absolute atomic E-state index is 13.2. The molecule has 0 bridgehead atoms. The lowest BCUT2D eigenvalue weighted by Gasteiger charge is -2.09. The van der Waals surface area contributed by atoms with Gasteiger partial charge in [-0.15, -0.1) is 21.5 Å². The van der Waals surface area contributed by atoms with Gasteiger partial charge in [0.05, 0.1) is 4.88 Å². The summed E-state index contributed by atoms with van der Waals surface area (Å²) in [6, 6.07) is 3.17. The predicted octanol–water partition coefficient (Wildman–Crippen LogP) is 3.45. The summed E-state index contributed by atoms with van der Waals surface area (Å²) in [6.45, 7) is 0. The van der Waals surface area contributed by atoms with Gasteiger partial charge in [0.25, 0.3) is 11.9 Å². The zero-order valence-corrected chi connectivity index (χ0v) is 10.6. The monoisotopic (exact) mass is 318 g/mol. The maximum atomic E-state index is 13.2. The van der Waals surface area contributed by atoms with E-state index in [1.54, 1.807) is 17.5 Å². The van der Waals surface area contributed by atoms with Crippen LogP contribution in [0.5, 0.6) is 0 Å². The van der Waals surface area contributed by atoms with E-state index >= 15 is 0 Å². The number of fused-ring (bicyclic) bond motifs is 1. The van der Waals surface area contributed by atoms with Crippen molar-refractivity contribution in [2.75, 3.05) is 0 Å². The summed E-state index contributed by atoms with van der Waals surface area (Å²) >= 11 is 1.15. The van der Waals surface area contributed by atoms with Crippen LogP contribution in [0.25, 0.3) is 21.6 Å². The summed E-state index contributed by atoms with van der Waals surface area (Å²) in [7, 11) is 0. The Balaban J connectivity index is 2.41. The van der Waals surface area contributed by atoms with Crippen molar-refractivity contribution in [3.05, 3.63) is 35.1 Å². The Kier molecular flexibility index (Phi) is 3.04. The van der Waals surface area contributed by atoms with Gasteiger partial charge in [0, 0.05) is 0 Å². The molecule has 0 aliphatic rings. The first-order valence-corrected chi connectivity index (χ1v) is 6.26. The molecule has 3 heterocycles. The Hall–Kier alpha value is -2.23. The molecule has 0 aliphatic carbocycles. The lowest BCUT2D eigenvalue weighted by Crippen LogP contribution is -2.13. The smallest absolute Gasteiger partial charge is 0.212 e. The van der Waals surface area contributed by atoms with Gasteiger partial charge in [0.1, 0.15) is 16.7 Å². The highest BCUT2D eigenvalue weighted by atomic mass is 32.1. The van der Waals surface area contributed by atoms with Crippen molar-refractivity contribution < 1.29 is 22.0 Å². The number of rotatable bonds is 1. The second-order valence-electron chi connectivity index (χ2n) is 3.87. The number of hydrogen-bond acceptors (Lipinski definition) is 5. The van der Waals surface area contributed by atoms with Crippen molar-refractivity contribution in [2.45, 2.75) is 6.18 Å². The van der Waals surface area contributed by atoms with Crippen molar-refractivity contribution in [1.29, 1.82) is 0 Å². The first kappa shape index (κ1) is 13.7. The summed E-state index contributed by atoms with van der Waals surface area (Å²) in [4.78, 5) is 6.61. The number of nitrogens with zero attached hydrogens (tertiary/aromatic N) is 4. The van der Waals surface area contributed by atoms with E-state index in [0.29, 0.717) is 4.88 Å². The molecule has 0 aromatic carbocycles. The molecule has 4 nitrogen and oxygen atoms in total. The molecule has 0 saturated carbocycles. The summed E-state index contributed by atoms with van der Waals surface area (Å²) in [5, 5.41) is 8.13. The molecule has 108 valence electrons. The van der Waals surface area contributed by atoms with E-state index in [1.807, 2.05) is 0 Å². The molecule has 0 aliphatic heterocycles. The van der Waals surface area contributed by atoms with Crippen LogP contribution >= 0.6 is 11.3 Å². The van der Waals surface area contributed by atoms with Gasteiger partial charge in [0.15, 0.2) is 5.69 Å².